The molecule has 0 spiro atoms. The molecule has 0 radical (unpaired) electrons. The van der Waals surface area contributed by atoms with Crippen molar-refractivity contribution in [3.8, 4) is 0 Å². The van der Waals surface area contributed by atoms with Crippen LogP contribution in [0.4, 0.5) is 4.79 Å². The molecular weight excluding hydrogens is 490 g/mol. The number of thioether (sulfide) groups is 1. The van der Waals surface area contributed by atoms with Crippen LogP contribution in [-0.4, -0.2) is 62.1 Å². The molecule has 8 nitrogen and oxygen atoms in total. The maximum Gasteiger partial charge on any atom is 0.335 e. The summed E-state index contributed by atoms with van der Waals surface area (Å²) in [5.74, 6) is -1.63. The minimum absolute atomic E-state index is 0.189. The van der Waals surface area contributed by atoms with E-state index in [0.29, 0.717) is 19.6 Å². The van der Waals surface area contributed by atoms with Crippen LogP contribution in [0.25, 0.3) is 17.0 Å². The van der Waals surface area contributed by atoms with Gasteiger partial charge in [0.15, 0.2) is 0 Å². The number of benzene rings is 2. The number of para-hydroxylation sites is 1. The number of aromatic carboxylic acids is 1. The van der Waals surface area contributed by atoms with Gasteiger partial charge < -0.3 is 14.6 Å². The standard InChI is InChI=1S/C28H27N3O5S/c32-25(29-12-5-1-2-6-13-29)18-31-26(33)24(37-28(31)36)15-21-17-30(23-11-4-3-10-22(21)23)16-19-8-7-9-20(14-19)27(34)35/h3-4,7-11,14-15,17H,1-2,5-6,12-13,16,18H2,(H,34,35). The van der Waals surface area contributed by atoms with Crippen molar-refractivity contribution in [2.45, 2.75) is 32.2 Å². The third kappa shape index (κ3) is 5.32. The van der Waals surface area contributed by atoms with Gasteiger partial charge in [0.2, 0.25) is 5.91 Å². The lowest BCUT2D eigenvalue weighted by atomic mass is 10.1. The zero-order chi connectivity index (χ0) is 25.9. The Kier molecular flexibility index (Phi) is 7.14. The van der Waals surface area contributed by atoms with Gasteiger partial charge in [-0.05, 0) is 54.4 Å². The molecular formula is C28H27N3O5S. The number of fused-ring (bicyclic) bond motifs is 1. The molecule has 1 aromatic heterocycles. The van der Waals surface area contributed by atoms with E-state index < -0.39 is 17.1 Å². The number of carbonyl (C=O) groups is 4. The van der Waals surface area contributed by atoms with Gasteiger partial charge in [-0.25, -0.2) is 4.79 Å². The van der Waals surface area contributed by atoms with Gasteiger partial charge in [-0.2, -0.15) is 0 Å². The number of hydrogen-bond acceptors (Lipinski definition) is 5. The molecule has 3 aromatic rings. The molecule has 9 heteroatoms. The highest BCUT2D eigenvalue weighted by Gasteiger charge is 2.37. The topological polar surface area (TPSA) is 99.9 Å². The van der Waals surface area contributed by atoms with Crippen LogP contribution < -0.4 is 0 Å². The maximum atomic E-state index is 13.1. The molecule has 0 unspecified atom stereocenters. The number of rotatable bonds is 6. The second-order valence-corrected chi connectivity index (χ2v) is 10.3. The normalized spacial score (nSPS) is 17.6. The van der Waals surface area contributed by atoms with E-state index in [-0.39, 0.29) is 22.9 Å². The monoisotopic (exact) mass is 517 g/mol. The predicted molar refractivity (Wildman–Crippen MR) is 142 cm³/mol. The summed E-state index contributed by atoms with van der Waals surface area (Å²) >= 11 is 0.850. The Labute approximate surface area is 218 Å². The zero-order valence-electron chi connectivity index (χ0n) is 20.3. The van der Waals surface area contributed by atoms with Gasteiger partial charge in [0, 0.05) is 42.3 Å². The van der Waals surface area contributed by atoms with Gasteiger partial charge in [0.25, 0.3) is 11.1 Å². The number of nitrogens with zero attached hydrogens (tertiary/aromatic N) is 3. The zero-order valence-corrected chi connectivity index (χ0v) is 21.1. The molecule has 2 saturated heterocycles. The number of carboxylic acids is 1. The molecule has 2 aliphatic heterocycles. The van der Waals surface area contributed by atoms with Crippen molar-refractivity contribution in [3.63, 3.8) is 0 Å². The molecule has 2 aliphatic rings. The van der Waals surface area contributed by atoms with Crippen LogP contribution in [0.1, 0.15) is 47.2 Å². The molecule has 0 bridgehead atoms. The lowest BCUT2D eigenvalue weighted by Gasteiger charge is -2.22. The van der Waals surface area contributed by atoms with Crippen molar-refractivity contribution in [2.75, 3.05) is 19.6 Å². The second kappa shape index (κ2) is 10.6. The highest BCUT2D eigenvalue weighted by Crippen LogP contribution is 2.34. The summed E-state index contributed by atoms with van der Waals surface area (Å²) in [5.41, 5.74) is 2.75. The molecule has 0 atom stereocenters. The van der Waals surface area contributed by atoms with E-state index in [1.54, 1.807) is 29.2 Å². The first-order valence-electron chi connectivity index (χ1n) is 12.3. The summed E-state index contributed by atoms with van der Waals surface area (Å²) in [6, 6.07) is 14.5. The summed E-state index contributed by atoms with van der Waals surface area (Å²) in [7, 11) is 0. The third-order valence-corrected chi connectivity index (χ3v) is 7.67. The Morgan fingerprint density at radius 3 is 2.49 bits per heavy atom. The fraction of sp³-hybridized carbons (Fsp3) is 0.286. The van der Waals surface area contributed by atoms with Gasteiger partial charge in [-0.15, -0.1) is 0 Å². The van der Waals surface area contributed by atoms with Crippen LogP contribution in [0.5, 0.6) is 0 Å². The fourth-order valence-corrected chi connectivity index (χ4v) is 5.68. The van der Waals surface area contributed by atoms with E-state index >= 15 is 0 Å². The molecule has 2 fully saturated rings. The summed E-state index contributed by atoms with van der Waals surface area (Å²) in [5, 5.41) is 9.79. The number of carbonyl (C=O) groups excluding carboxylic acids is 3. The SMILES string of the molecule is O=C(O)c1cccc(Cn2cc(C=C3SC(=O)N(CC(=O)N4CCCCCC4)C3=O)c3ccccc32)c1. The van der Waals surface area contributed by atoms with Crippen molar-refractivity contribution in [2.24, 2.45) is 0 Å². The predicted octanol–water partition coefficient (Wildman–Crippen LogP) is 4.83. The van der Waals surface area contributed by atoms with Gasteiger partial charge >= 0.3 is 5.97 Å². The van der Waals surface area contributed by atoms with E-state index in [1.165, 1.54) is 0 Å². The summed E-state index contributed by atoms with van der Waals surface area (Å²) in [4.78, 5) is 53.0. The molecule has 37 heavy (non-hydrogen) atoms. The van der Waals surface area contributed by atoms with Gasteiger partial charge in [0.1, 0.15) is 6.54 Å². The number of carboxylic acid groups (broad SMARTS) is 1. The van der Waals surface area contributed by atoms with E-state index in [4.69, 9.17) is 0 Å². The van der Waals surface area contributed by atoms with Crippen molar-refractivity contribution in [1.82, 2.24) is 14.4 Å². The minimum Gasteiger partial charge on any atom is -0.478 e. The highest BCUT2D eigenvalue weighted by atomic mass is 32.2. The van der Waals surface area contributed by atoms with Crippen molar-refractivity contribution < 1.29 is 24.3 Å². The van der Waals surface area contributed by atoms with Crippen LogP contribution in [0.2, 0.25) is 0 Å². The van der Waals surface area contributed by atoms with Crippen molar-refractivity contribution >= 4 is 51.8 Å². The fourth-order valence-electron chi connectivity index (χ4n) is 4.85. The Hall–Kier alpha value is -3.85. The number of amides is 3. The number of hydrogen-bond donors (Lipinski definition) is 1. The van der Waals surface area contributed by atoms with Crippen LogP contribution >= 0.6 is 11.8 Å². The molecule has 0 saturated carbocycles. The van der Waals surface area contributed by atoms with Crippen molar-refractivity contribution in [1.29, 1.82) is 0 Å². The number of imide groups is 1. The Morgan fingerprint density at radius 2 is 1.73 bits per heavy atom. The van der Waals surface area contributed by atoms with Crippen LogP contribution in [0.3, 0.4) is 0 Å². The maximum absolute atomic E-state index is 13.1. The smallest absolute Gasteiger partial charge is 0.335 e. The molecule has 0 aliphatic carbocycles. The second-order valence-electron chi connectivity index (χ2n) is 9.30. The van der Waals surface area contributed by atoms with Crippen molar-refractivity contribution in [3.05, 3.63) is 76.3 Å². The first kappa shape index (κ1) is 24.8. The molecule has 3 heterocycles. The highest BCUT2D eigenvalue weighted by molar-refractivity contribution is 8.18. The van der Waals surface area contributed by atoms with E-state index in [2.05, 4.69) is 0 Å². The molecule has 1 N–H and O–H groups in total. The summed E-state index contributed by atoms with van der Waals surface area (Å²) in [6.07, 6.45) is 7.66. The average molecular weight is 518 g/mol. The van der Waals surface area contributed by atoms with E-state index in [1.807, 2.05) is 41.1 Å². The first-order chi connectivity index (χ1) is 17.9. The molecule has 3 amide bonds. The van der Waals surface area contributed by atoms with Crippen LogP contribution in [0.15, 0.2) is 59.6 Å². The van der Waals surface area contributed by atoms with E-state index in [9.17, 15) is 24.3 Å². The largest absolute Gasteiger partial charge is 0.478 e. The Morgan fingerprint density at radius 1 is 0.973 bits per heavy atom. The lowest BCUT2D eigenvalue weighted by molar-refractivity contribution is -0.135. The average Bonchev–Trinajstić information content (AvgIpc) is 3.20. The van der Waals surface area contributed by atoms with E-state index in [0.717, 1.165) is 64.4 Å². The molecule has 190 valence electrons. The summed E-state index contributed by atoms with van der Waals surface area (Å²) in [6.45, 7) is 1.55. The lowest BCUT2D eigenvalue weighted by Crippen LogP contribution is -2.42. The number of likely N-dealkylation sites (tertiary alicyclic amines) is 1. The number of aromatic nitrogens is 1. The Balaban J connectivity index is 1.39. The van der Waals surface area contributed by atoms with Gasteiger partial charge in [-0.3, -0.25) is 19.3 Å². The van der Waals surface area contributed by atoms with Gasteiger partial charge in [0.05, 0.1) is 10.5 Å². The first-order valence-corrected chi connectivity index (χ1v) is 13.2. The molecule has 5 rings (SSSR count). The quantitative estimate of drug-likeness (QED) is 0.471. The summed E-state index contributed by atoms with van der Waals surface area (Å²) < 4.78 is 2.00. The third-order valence-electron chi connectivity index (χ3n) is 6.76. The minimum atomic E-state index is -0.982. The Bertz CT molecular complexity index is 1420. The molecule has 2 aromatic carbocycles. The van der Waals surface area contributed by atoms with Gasteiger partial charge in [-0.1, -0.05) is 43.2 Å². The van der Waals surface area contributed by atoms with Crippen LogP contribution in [-0.2, 0) is 16.1 Å². The van der Waals surface area contributed by atoms with Crippen LogP contribution in [0, 0.1) is 0 Å².